The van der Waals surface area contributed by atoms with Gasteiger partial charge in [-0.05, 0) is 25.9 Å². The van der Waals surface area contributed by atoms with E-state index in [2.05, 4.69) is 9.80 Å². The third-order valence-corrected chi connectivity index (χ3v) is 3.90. The van der Waals surface area contributed by atoms with Crippen LogP contribution in [-0.4, -0.2) is 73.4 Å². The molecule has 0 aromatic rings. The number of carbonyl (C=O) groups excluding carboxylic acids is 1. The van der Waals surface area contributed by atoms with Gasteiger partial charge in [0.15, 0.2) is 0 Å². The fraction of sp³-hybridized carbons (Fsp3) is 0.917. The predicted octanol–water partition coefficient (Wildman–Crippen LogP) is -0.464. The second-order valence-electron chi connectivity index (χ2n) is 5.05. The normalized spacial score (nSPS) is 24.1. The number of amides is 1. The first kappa shape index (κ1) is 13.7. The van der Waals surface area contributed by atoms with Crippen LogP contribution in [-0.2, 0) is 9.53 Å². The summed E-state index contributed by atoms with van der Waals surface area (Å²) in [7, 11) is 0. The first-order valence-corrected chi connectivity index (χ1v) is 6.76. The highest BCUT2D eigenvalue weighted by Gasteiger charge is 2.24. The molecule has 0 saturated carbocycles. The summed E-state index contributed by atoms with van der Waals surface area (Å²) in [5.41, 5.74) is 1.75. The number of piperidine rings is 1. The minimum Gasteiger partial charge on any atom is -0.379 e. The summed E-state index contributed by atoms with van der Waals surface area (Å²) in [6.45, 7) is 7.79. The Morgan fingerprint density at radius 1 is 1.11 bits per heavy atom. The minimum atomic E-state index is -0.233. The zero-order chi connectivity index (χ0) is 12.8. The molecular formula is C12H23N3O3. The molecule has 2 saturated heterocycles. The van der Waals surface area contributed by atoms with Crippen LogP contribution in [0, 0.1) is 5.92 Å². The lowest BCUT2D eigenvalue weighted by Gasteiger charge is -2.33. The van der Waals surface area contributed by atoms with Gasteiger partial charge >= 0.3 is 0 Å². The van der Waals surface area contributed by atoms with Gasteiger partial charge in [-0.1, -0.05) is 0 Å². The summed E-state index contributed by atoms with van der Waals surface area (Å²) in [6, 6.07) is 0. The van der Waals surface area contributed by atoms with Gasteiger partial charge in [0.05, 0.1) is 13.2 Å². The molecule has 1 amide bonds. The Kier molecular flexibility index (Phi) is 5.37. The molecule has 0 spiro atoms. The smallest absolute Gasteiger partial charge is 0.246 e. The van der Waals surface area contributed by atoms with Crippen molar-refractivity contribution >= 4 is 5.91 Å². The lowest BCUT2D eigenvalue weighted by Crippen LogP contribution is -2.45. The molecule has 104 valence electrons. The van der Waals surface area contributed by atoms with Crippen molar-refractivity contribution in [1.82, 2.24) is 15.3 Å². The van der Waals surface area contributed by atoms with Crippen LogP contribution in [0.2, 0.25) is 0 Å². The van der Waals surface area contributed by atoms with Crippen LogP contribution in [0.5, 0.6) is 0 Å². The van der Waals surface area contributed by atoms with Crippen LogP contribution in [0.4, 0.5) is 0 Å². The molecule has 18 heavy (non-hydrogen) atoms. The van der Waals surface area contributed by atoms with Crippen molar-refractivity contribution in [2.75, 3.05) is 52.5 Å². The molecule has 2 N–H and O–H groups in total. The lowest BCUT2D eigenvalue weighted by molar-refractivity contribution is -0.134. The minimum absolute atomic E-state index is 0.0189. The molecule has 6 heteroatoms. The summed E-state index contributed by atoms with van der Waals surface area (Å²) in [4.78, 5) is 16.1. The average Bonchev–Trinajstić information content (AvgIpc) is 2.46. The predicted molar refractivity (Wildman–Crippen MR) is 66.4 cm³/mol. The van der Waals surface area contributed by atoms with Crippen LogP contribution < -0.4 is 5.48 Å². The van der Waals surface area contributed by atoms with E-state index < -0.39 is 0 Å². The van der Waals surface area contributed by atoms with Gasteiger partial charge in [-0.25, -0.2) is 5.48 Å². The van der Waals surface area contributed by atoms with Crippen molar-refractivity contribution in [2.24, 2.45) is 5.92 Å². The molecule has 0 aromatic carbocycles. The average molecular weight is 257 g/mol. The van der Waals surface area contributed by atoms with Crippen molar-refractivity contribution < 1.29 is 14.7 Å². The molecule has 2 fully saturated rings. The standard InChI is InChI=1S/C12H23N3O3/c16-12(13-17)11-1-3-14(4-2-11)5-6-15-7-9-18-10-8-15/h11,17H,1-10H2,(H,13,16). The third-order valence-electron chi connectivity index (χ3n) is 3.90. The maximum Gasteiger partial charge on any atom is 0.246 e. The van der Waals surface area contributed by atoms with E-state index in [1.165, 1.54) is 0 Å². The van der Waals surface area contributed by atoms with Gasteiger partial charge in [-0.3, -0.25) is 14.9 Å². The van der Waals surface area contributed by atoms with Gasteiger partial charge in [0.1, 0.15) is 0 Å². The molecule has 0 bridgehead atoms. The van der Waals surface area contributed by atoms with Crippen LogP contribution in [0.15, 0.2) is 0 Å². The fourth-order valence-electron chi connectivity index (χ4n) is 2.62. The maximum atomic E-state index is 11.3. The van der Waals surface area contributed by atoms with E-state index in [1.807, 2.05) is 0 Å². The van der Waals surface area contributed by atoms with E-state index in [1.54, 1.807) is 5.48 Å². The zero-order valence-electron chi connectivity index (χ0n) is 10.8. The molecule has 0 unspecified atom stereocenters. The fourth-order valence-corrected chi connectivity index (χ4v) is 2.62. The molecule has 2 heterocycles. The van der Waals surface area contributed by atoms with Gasteiger partial charge < -0.3 is 9.64 Å². The topological polar surface area (TPSA) is 65.0 Å². The van der Waals surface area contributed by atoms with Gasteiger partial charge in [0.2, 0.25) is 5.91 Å². The van der Waals surface area contributed by atoms with Crippen LogP contribution in [0.25, 0.3) is 0 Å². The second kappa shape index (κ2) is 7.04. The molecule has 0 aliphatic carbocycles. The number of hydroxylamine groups is 1. The van der Waals surface area contributed by atoms with E-state index in [0.29, 0.717) is 0 Å². The number of likely N-dealkylation sites (tertiary alicyclic amines) is 1. The number of hydrogen-bond donors (Lipinski definition) is 2. The van der Waals surface area contributed by atoms with Gasteiger partial charge in [-0.15, -0.1) is 0 Å². The SMILES string of the molecule is O=C(NO)C1CCN(CCN2CCOCC2)CC1. The van der Waals surface area contributed by atoms with Crippen molar-refractivity contribution in [3.05, 3.63) is 0 Å². The molecule has 2 aliphatic heterocycles. The number of hydrogen-bond acceptors (Lipinski definition) is 5. The first-order valence-electron chi connectivity index (χ1n) is 6.76. The number of nitrogens with zero attached hydrogens (tertiary/aromatic N) is 2. The van der Waals surface area contributed by atoms with E-state index in [0.717, 1.165) is 65.3 Å². The molecular weight excluding hydrogens is 234 g/mol. The Hall–Kier alpha value is -0.690. The van der Waals surface area contributed by atoms with Crippen molar-refractivity contribution in [1.29, 1.82) is 0 Å². The Bertz CT molecular complexity index is 261. The summed E-state index contributed by atoms with van der Waals surface area (Å²) in [5, 5.41) is 8.59. The van der Waals surface area contributed by atoms with Gasteiger partial charge in [0, 0.05) is 32.1 Å². The van der Waals surface area contributed by atoms with Gasteiger partial charge in [0.25, 0.3) is 0 Å². The first-order chi connectivity index (χ1) is 8.79. The highest BCUT2D eigenvalue weighted by Crippen LogP contribution is 2.16. The highest BCUT2D eigenvalue weighted by atomic mass is 16.5. The quantitative estimate of drug-likeness (QED) is 0.527. The number of rotatable bonds is 4. The Morgan fingerprint density at radius 3 is 2.22 bits per heavy atom. The molecule has 0 radical (unpaired) electrons. The summed E-state index contributed by atoms with van der Waals surface area (Å²) in [5.74, 6) is -0.252. The molecule has 2 rings (SSSR count). The monoisotopic (exact) mass is 257 g/mol. The van der Waals surface area contributed by atoms with E-state index in [-0.39, 0.29) is 11.8 Å². The lowest BCUT2D eigenvalue weighted by atomic mass is 9.96. The number of ether oxygens (including phenoxy) is 1. The Morgan fingerprint density at radius 2 is 1.67 bits per heavy atom. The summed E-state index contributed by atoms with van der Waals surface area (Å²) >= 11 is 0. The maximum absolute atomic E-state index is 11.3. The molecule has 0 aromatic heterocycles. The van der Waals surface area contributed by atoms with Crippen molar-refractivity contribution in [3.8, 4) is 0 Å². The molecule has 6 nitrogen and oxygen atoms in total. The molecule has 0 atom stereocenters. The van der Waals surface area contributed by atoms with Crippen LogP contribution >= 0.6 is 0 Å². The molecule has 2 aliphatic rings. The van der Waals surface area contributed by atoms with Crippen molar-refractivity contribution in [2.45, 2.75) is 12.8 Å². The van der Waals surface area contributed by atoms with E-state index in [9.17, 15) is 4.79 Å². The van der Waals surface area contributed by atoms with E-state index in [4.69, 9.17) is 9.94 Å². The number of carbonyl (C=O) groups is 1. The number of nitrogens with one attached hydrogen (secondary N) is 1. The Balaban J connectivity index is 1.62. The largest absolute Gasteiger partial charge is 0.379 e. The Labute approximate surface area is 108 Å². The number of morpholine rings is 1. The third kappa shape index (κ3) is 3.91. The summed E-state index contributed by atoms with van der Waals surface area (Å²) < 4.78 is 5.32. The second-order valence-corrected chi connectivity index (χ2v) is 5.05. The summed E-state index contributed by atoms with van der Waals surface area (Å²) in [6.07, 6.45) is 1.69. The van der Waals surface area contributed by atoms with Gasteiger partial charge in [-0.2, -0.15) is 0 Å². The van der Waals surface area contributed by atoms with Crippen molar-refractivity contribution in [3.63, 3.8) is 0 Å². The van der Waals surface area contributed by atoms with E-state index >= 15 is 0 Å². The highest BCUT2D eigenvalue weighted by molar-refractivity contribution is 5.77. The van der Waals surface area contributed by atoms with Crippen LogP contribution in [0.3, 0.4) is 0 Å². The zero-order valence-corrected chi connectivity index (χ0v) is 10.8. The van der Waals surface area contributed by atoms with Crippen LogP contribution in [0.1, 0.15) is 12.8 Å².